The molecular weight excluding hydrogens is 324 g/mol. The molecule has 2 rings (SSSR count). The zero-order valence-corrected chi connectivity index (χ0v) is 13.3. The summed E-state index contributed by atoms with van der Waals surface area (Å²) >= 11 is 0. The van der Waals surface area contributed by atoms with E-state index in [4.69, 9.17) is 20.9 Å². The highest BCUT2D eigenvalue weighted by Gasteiger charge is 2.45. The summed E-state index contributed by atoms with van der Waals surface area (Å²) in [6.07, 6.45) is -3.60. The Labute approximate surface area is 137 Å². The van der Waals surface area contributed by atoms with Crippen LogP contribution in [0.15, 0.2) is 6.33 Å². The van der Waals surface area contributed by atoms with E-state index in [1.165, 1.54) is 0 Å². The molecule has 5 atom stereocenters. The van der Waals surface area contributed by atoms with Gasteiger partial charge in [-0.25, -0.2) is 9.67 Å². The average Bonchev–Trinajstić information content (AvgIpc) is 3.11. The number of ether oxygens (including phenoxy) is 2. The van der Waals surface area contributed by atoms with E-state index in [1.807, 2.05) is 0 Å². The molecule has 1 amide bonds. The van der Waals surface area contributed by atoms with Crippen LogP contribution in [0.25, 0.3) is 0 Å². The number of esters is 1. The SMILES string of the molecule is CC(C)[C@H](N)C(=O)OC[C@@H]1O[C@H](n2cnc([14C](N)=O)n2)[C@@H](O)[C@H]1O. The third-order valence-electron chi connectivity index (χ3n) is 3.71. The summed E-state index contributed by atoms with van der Waals surface area (Å²) in [7, 11) is 0. The van der Waals surface area contributed by atoms with E-state index < -0.39 is 42.5 Å². The van der Waals surface area contributed by atoms with Crippen LogP contribution in [-0.2, 0) is 14.3 Å². The highest BCUT2D eigenvalue weighted by Crippen LogP contribution is 2.29. The summed E-state index contributed by atoms with van der Waals surface area (Å²) in [4.78, 5) is 26.4. The van der Waals surface area contributed by atoms with Crippen LogP contribution >= 0.6 is 0 Å². The molecular formula is C13H21N5O6. The number of hydrogen-bond donors (Lipinski definition) is 4. The lowest BCUT2D eigenvalue weighted by Gasteiger charge is -2.18. The van der Waals surface area contributed by atoms with Crippen LogP contribution in [0.4, 0.5) is 0 Å². The number of carbonyl (C=O) groups is 2. The maximum absolute atomic E-state index is 11.7. The Morgan fingerprint density at radius 3 is 2.71 bits per heavy atom. The number of aliphatic hydroxyl groups is 2. The number of aliphatic hydroxyl groups excluding tert-OH is 2. The molecule has 0 radical (unpaired) electrons. The smallest absolute Gasteiger partial charge is 0.323 e. The van der Waals surface area contributed by atoms with Crippen LogP contribution < -0.4 is 11.5 Å². The van der Waals surface area contributed by atoms with Gasteiger partial charge in [-0.1, -0.05) is 13.8 Å². The first-order chi connectivity index (χ1) is 11.2. The van der Waals surface area contributed by atoms with Gasteiger partial charge in [0.15, 0.2) is 6.23 Å². The molecule has 1 aliphatic rings. The molecule has 1 saturated heterocycles. The summed E-state index contributed by atoms with van der Waals surface area (Å²) in [5.74, 6) is -1.82. The van der Waals surface area contributed by atoms with Gasteiger partial charge < -0.3 is 31.2 Å². The highest BCUT2D eigenvalue weighted by atomic mass is 16.6. The van der Waals surface area contributed by atoms with Crippen molar-refractivity contribution in [2.45, 2.75) is 44.4 Å². The molecule has 0 spiro atoms. The molecule has 24 heavy (non-hydrogen) atoms. The van der Waals surface area contributed by atoms with Crippen molar-refractivity contribution in [1.29, 1.82) is 0 Å². The second kappa shape index (κ2) is 7.21. The van der Waals surface area contributed by atoms with Gasteiger partial charge in [-0.15, -0.1) is 5.10 Å². The second-order valence-electron chi connectivity index (χ2n) is 5.86. The Morgan fingerprint density at radius 2 is 2.17 bits per heavy atom. The van der Waals surface area contributed by atoms with Crippen molar-refractivity contribution in [2.24, 2.45) is 17.4 Å². The van der Waals surface area contributed by atoms with E-state index in [-0.39, 0.29) is 18.3 Å². The lowest BCUT2D eigenvalue weighted by molar-refractivity contribution is -0.152. The molecule has 1 aromatic heterocycles. The maximum Gasteiger partial charge on any atom is 0.323 e. The van der Waals surface area contributed by atoms with Crippen molar-refractivity contribution >= 4 is 11.9 Å². The highest BCUT2D eigenvalue weighted by molar-refractivity contribution is 5.88. The fourth-order valence-electron chi connectivity index (χ4n) is 2.13. The van der Waals surface area contributed by atoms with Gasteiger partial charge in [0.2, 0.25) is 5.82 Å². The fourth-order valence-corrected chi connectivity index (χ4v) is 2.13. The normalized spacial score (nSPS) is 28.1. The lowest BCUT2D eigenvalue weighted by atomic mass is 10.1. The van der Waals surface area contributed by atoms with Gasteiger partial charge in [0.05, 0.1) is 0 Å². The van der Waals surface area contributed by atoms with E-state index in [9.17, 15) is 19.8 Å². The lowest BCUT2D eigenvalue weighted by Crippen LogP contribution is -2.40. The minimum absolute atomic E-state index is 0.104. The first-order valence-electron chi connectivity index (χ1n) is 7.37. The first-order valence-corrected chi connectivity index (χ1v) is 7.37. The maximum atomic E-state index is 11.7. The third kappa shape index (κ3) is 3.70. The molecule has 0 aromatic carbocycles. The fraction of sp³-hybridized carbons (Fsp3) is 0.692. The number of nitrogens with two attached hydrogens (primary N) is 2. The molecule has 0 saturated carbocycles. The molecule has 0 aliphatic carbocycles. The topological polar surface area (TPSA) is 176 Å². The molecule has 1 aromatic rings. The van der Waals surface area contributed by atoms with Crippen LogP contribution in [0.2, 0.25) is 0 Å². The Hall–Kier alpha value is -2.08. The number of carbonyl (C=O) groups excluding carboxylic acids is 2. The van der Waals surface area contributed by atoms with Gasteiger partial charge in [-0.3, -0.25) is 9.59 Å². The minimum Gasteiger partial charge on any atom is -0.462 e. The zero-order chi connectivity index (χ0) is 18.0. The number of nitrogens with zero attached hydrogens (tertiary/aromatic N) is 3. The van der Waals surface area contributed by atoms with Gasteiger partial charge in [-0.05, 0) is 5.92 Å². The number of rotatable bonds is 6. The average molecular weight is 345 g/mol. The molecule has 0 unspecified atom stereocenters. The Bertz CT molecular complexity index is 605. The Kier molecular flexibility index (Phi) is 5.49. The van der Waals surface area contributed by atoms with Crippen molar-refractivity contribution in [3.63, 3.8) is 0 Å². The first kappa shape index (κ1) is 18.3. The molecule has 6 N–H and O–H groups in total. The summed E-state index contributed by atoms with van der Waals surface area (Å²) in [6.45, 7) is 3.26. The van der Waals surface area contributed by atoms with Crippen LogP contribution in [0.3, 0.4) is 0 Å². The predicted molar refractivity (Wildman–Crippen MR) is 78.2 cm³/mol. The van der Waals surface area contributed by atoms with Crippen molar-refractivity contribution < 1.29 is 29.3 Å². The van der Waals surface area contributed by atoms with Crippen molar-refractivity contribution in [2.75, 3.05) is 6.61 Å². The molecule has 2 heterocycles. The van der Waals surface area contributed by atoms with Crippen molar-refractivity contribution in [3.05, 3.63) is 12.2 Å². The molecule has 0 bridgehead atoms. The molecule has 11 nitrogen and oxygen atoms in total. The number of amides is 1. The summed E-state index contributed by atoms with van der Waals surface area (Å²) < 4.78 is 11.5. The quantitative estimate of drug-likeness (QED) is 0.407. The van der Waals surface area contributed by atoms with Crippen molar-refractivity contribution in [3.8, 4) is 0 Å². The monoisotopic (exact) mass is 345 g/mol. The molecule has 1 fully saturated rings. The number of hydrogen-bond acceptors (Lipinski definition) is 9. The summed E-state index contributed by atoms with van der Waals surface area (Å²) in [5, 5.41) is 23.8. The molecule has 1 aliphatic heterocycles. The summed E-state index contributed by atoms with van der Waals surface area (Å²) in [5.41, 5.74) is 10.7. The minimum atomic E-state index is -1.35. The van der Waals surface area contributed by atoms with E-state index in [0.29, 0.717) is 0 Å². The number of primary amides is 1. The zero-order valence-electron chi connectivity index (χ0n) is 13.3. The van der Waals surface area contributed by atoms with Crippen LogP contribution in [-0.4, -0.2) is 67.8 Å². The van der Waals surface area contributed by atoms with E-state index >= 15 is 0 Å². The van der Waals surface area contributed by atoms with E-state index in [2.05, 4.69) is 10.1 Å². The van der Waals surface area contributed by atoms with Gasteiger partial charge in [0.25, 0.3) is 5.91 Å². The van der Waals surface area contributed by atoms with Gasteiger partial charge >= 0.3 is 5.97 Å². The van der Waals surface area contributed by atoms with Gasteiger partial charge in [0.1, 0.15) is 37.3 Å². The second-order valence-corrected chi connectivity index (χ2v) is 5.86. The summed E-state index contributed by atoms with van der Waals surface area (Å²) in [6, 6.07) is -0.794. The number of aromatic nitrogens is 3. The standard InChI is InChI=1S/C13H21N5O6/c1-5(2)7(14)13(22)23-3-6-8(19)9(20)12(24-6)18-4-16-11(17-18)10(15)21/h4-9,12,19-20H,3,14H2,1-2H3,(H2,15,21)/t6-,7-,8-,9-,12-/m0/s1/i10+2. The largest absolute Gasteiger partial charge is 0.462 e. The molecule has 134 valence electrons. The van der Waals surface area contributed by atoms with Crippen LogP contribution in [0.5, 0.6) is 0 Å². The molecule has 11 heteroatoms. The van der Waals surface area contributed by atoms with E-state index in [1.54, 1.807) is 13.8 Å². The van der Waals surface area contributed by atoms with Gasteiger partial charge in [0, 0.05) is 0 Å². The van der Waals surface area contributed by atoms with Crippen LogP contribution in [0.1, 0.15) is 30.7 Å². The van der Waals surface area contributed by atoms with Crippen LogP contribution in [0, 0.1) is 5.92 Å². The Balaban J connectivity index is 1.99. The third-order valence-corrected chi connectivity index (χ3v) is 3.71. The van der Waals surface area contributed by atoms with Crippen molar-refractivity contribution in [1.82, 2.24) is 14.8 Å². The van der Waals surface area contributed by atoms with Gasteiger partial charge in [-0.2, -0.15) is 0 Å². The van der Waals surface area contributed by atoms with E-state index in [0.717, 1.165) is 11.0 Å². The Morgan fingerprint density at radius 1 is 1.50 bits per heavy atom. The predicted octanol–water partition coefficient (Wildman–Crippen LogP) is -2.48.